The highest BCUT2D eigenvalue weighted by atomic mass is 32.1. The second-order valence-electron chi connectivity index (χ2n) is 10.2. The molecular weight excluding hydrogens is 565 g/mol. The molecule has 0 N–H and O–H groups in total. The number of benzene rings is 1. The summed E-state index contributed by atoms with van der Waals surface area (Å²) in [7, 11) is 0. The highest BCUT2D eigenvalue weighted by Crippen LogP contribution is 2.39. The van der Waals surface area contributed by atoms with Crippen LogP contribution in [-0.2, 0) is 14.4 Å². The van der Waals surface area contributed by atoms with Crippen molar-refractivity contribution in [1.29, 1.82) is 0 Å². The van der Waals surface area contributed by atoms with Crippen molar-refractivity contribution in [3.63, 3.8) is 0 Å². The quantitative estimate of drug-likeness (QED) is 0.195. The van der Waals surface area contributed by atoms with E-state index in [0.717, 1.165) is 32.4 Å². The van der Waals surface area contributed by atoms with Gasteiger partial charge in [0.15, 0.2) is 5.78 Å². The van der Waals surface area contributed by atoms with Crippen molar-refractivity contribution in [3.05, 3.63) is 47.3 Å². The average Bonchev–Trinajstić information content (AvgIpc) is 3.75. The molecule has 1 aromatic carbocycles. The zero-order valence-corrected chi connectivity index (χ0v) is 22.5. The maximum Gasteiger partial charge on any atom is 0.458 e. The Hall–Kier alpha value is -2.25. The molecule has 1 aliphatic carbocycles. The van der Waals surface area contributed by atoms with Gasteiger partial charge in [0.1, 0.15) is 5.82 Å². The third kappa shape index (κ3) is 8.87. The molecule has 1 aromatic rings. The summed E-state index contributed by atoms with van der Waals surface area (Å²) >= 11 is 4.80. The van der Waals surface area contributed by atoms with Crippen LogP contribution in [0.2, 0.25) is 0 Å². The van der Waals surface area contributed by atoms with E-state index in [2.05, 4.69) is 15.9 Å². The second-order valence-corrected chi connectivity index (χ2v) is 10.8. The molecule has 2 aliphatic heterocycles. The molecule has 2 atom stereocenters. The maximum atomic E-state index is 14.6. The molecule has 5 nitrogen and oxygen atoms in total. The van der Waals surface area contributed by atoms with Crippen LogP contribution in [0, 0.1) is 11.7 Å². The van der Waals surface area contributed by atoms with E-state index >= 15 is 0 Å². The van der Waals surface area contributed by atoms with Crippen LogP contribution in [0.5, 0.6) is 0 Å². The zero-order chi connectivity index (χ0) is 29.7. The number of carbonyl (C=O) groups is 3. The van der Waals surface area contributed by atoms with Crippen LogP contribution in [-0.4, -0.2) is 77.5 Å². The number of rotatable bonds is 7. The molecule has 3 aliphatic rings. The van der Waals surface area contributed by atoms with E-state index in [0.29, 0.717) is 12.1 Å². The molecule has 222 valence electrons. The Morgan fingerprint density at radius 3 is 2.00 bits per heavy atom. The van der Waals surface area contributed by atoms with E-state index in [1.165, 1.54) is 44.0 Å². The SMILES string of the molecule is O=C(C(=O)C(F)(F)F)C(F)(F)F.O=C(C1CC1)C(c1ccccc1F)N1CCC(S)/C(=C/CN2CCCCC2)C1. The van der Waals surface area contributed by atoms with Gasteiger partial charge in [0.05, 0.1) is 6.04 Å². The molecule has 1 saturated carbocycles. The lowest BCUT2D eigenvalue weighted by Gasteiger charge is -2.38. The van der Waals surface area contributed by atoms with Crippen molar-refractivity contribution < 1.29 is 45.1 Å². The molecule has 13 heteroatoms. The number of piperidine rings is 2. The van der Waals surface area contributed by atoms with E-state index in [4.69, 9.17) is 12.6 Å². The molecular formula is C27H31F7N2O3S. The summed E-state index contributed by atoms with van der Waals surface area (Å²) in [6, 6.07) is 6.32. The van der Waals surface area contributed by atoms with E-state index in [9.17, 15) is 45.1 Å². The largest absolute Gasteiger partial charge is 0.458 e. The van der Waals surface area contributed by atoms with Gasteiger partial charge in [-0.05, 0) is 56.8 Å². The Morgan fingerprint density at radius 1 is 0.900 bits per heavy atom. The topological polar surface area (TPSA) is 57.7 Å². The summed E-state index contributed by atoms with van der Waals surface area (Å²) in [5.41, 5.74) is 1.82. The van der Waals surface area contributed by atoms with E-state index in [1.807, 2.05) is 6.07 Å². The molecule has 0 bridgehead atoms. The molecule has 2 unspecified atom stereocenters. The standard InChI is InChI=1S/C23H31FN2OS.C4F6O2/c24-20-7-3-2-6-19(20)22(23(27)17-8-9-17)26-15-11-21(28)18(16-26)10-14-25-12-4-1-5-13-25;5-3(6,7)1(11)2(12)4(8,9)10/h2-3,6-7,10,17,21-22,28H,1,4-5,8-9,11-16H2;/b18-10+;. The summed E-state index contributed by atoms with van der Waals surface area (Å²) in [6.07, 6.45) is -2.53. The number of likely N-dealkylation sites (tertiary alicyclic amines) is 2. The van der Waals surface area contributed by atoms with Crippen molar-refractivity contribution in [2.45, 2.75) is 62.2 Å². The Morgan fingerprint density at radius 2 is 1.48 bits per heavy atom. The molecule has 0 radical (unpaired) electrons. The minimum absolute atomic E-state index is 0.110. The molecule has 0 aromatic heterocycles. The number of thiol groups is 1. The predicted molar refractivity (Wildman–Crippen MR) is 136 cm³/mol. The fraction of sp³-hybridized carbons (Fsp3) is 0.593. The van der Waals surface area contributed by atoms with Gasteiger partial charge in [0.2, 0.25) is 0 Å². The lowest BCUT2D eigenvalue weighted by Crippen LogP contribution is -2.43. The van der Waals surface area contributed by atoms with Gasteiger partial charge < -0.3 is 0 Å². The first-order valence-corrected chi connectivity index (χ1v) is 13.6. The van der Waals surface area contributed by atoms with Gasteiger partial charge in [-0.15, -0.1) is 0 Å². The maximum absolute atomic E-state index is 14.6. The number of ketones is 3. The third-order valence-electron chi connectivity index (χ3n) is 7.10. The molecule has 2 saturated heterocycles. The van der Waals surface area contributed by atoms with Gasteiger partial charge >= 0.3 is 23.9 Å². The van der Waals surface area contributed by atoms with Gasteiger partial charge in [-0.3, -0.25) is 24.2 Å². The highest BCUT2D eigenvalue weighted by molar-refractivity contribution is 7.81. The normalized spacial score (nSPS) is 22.8. The predicted octanol–water partition coefficient (Wildman–Crippen LogP) is 5.51. The van der Waals surface area contributed by atoms with Crippen LogP contribution >= 0.6 is 12.6 Å². The van der Waals surface area contributed by atoms with Crippen molar-refractivity contribution in [2.24, 2.45) is 5.92 Å². The van der Waals surface area contributed by atoms with Crippen LogP contribution in [0.15, 0.2) is 35.9 Å². The molecule has 4 rings (SSSR count). The second kappa shape index (κ2) is 13.6. The van der Waals surface area contributed by atoms with Crippen LogP contribution in [0.25, 0.3) is 0 Å². The number of hydrogen-bond donors (Lipinski definition) is 1. The molecule has 2 heterocycles. The Balaban J connectivity index is 0.000000312. The molecule has 0 spiro atoms. The lowest BCUT2D eigenvalue weighted by molar-refractivity contribution is -0.193. The highest BCUT2D eigenvalue weighted by Gasteiger charge is 2.54. The first-order chi connectivity index (χ1) is 18.7. The fourth-order valence-corrected chi connectivity index (χ4v) is 5.08. The minimum Gasteiger partial charge on any atom is -0.300 e. The summed E-state index contributed by atoms with van der Waals surface area (Å²) in [5.74, 6) is -6.78. The minimum atomic E-state index is -5.77. The average molecular weight is 597 g/mol. The van der Waals surface area contributed by atoms with Gasteiger partial charge in [0, 0.05) is 36.4 Å². The van der Waals surface area contributed by atoms with Gasteiger partial charge in [-0.1, -0.05) is 30.7 Å². The Bertz CT molecular complexity index is 1070. The number of Topliss-reactive ketones (excluding diaryl/α,β-unsaturated/α-hetero) is 3. The number of nitrogens with zero attached hydrogens (tertiary/aromatic N) is 2. The zero-order valence-electron chi connectivity index (χ0n) is 21.6. The third-order valence-corrected chi connectivity index (χ3v) is 7.69. The molecule has 3 fully saturated rings. The van der Waals surface area contributed by atoms with Crippen LogP contribution in [0.3, 0.4) is 0 Å². The monoisotopic (exact) mass is 596 g/mol. The molecule has 0 amide bonds. The van der Waals surface area contributed by atoms with Gasteiger partial charge in [-0.25, -0.2) is 4.39 Å². The summed E-state index contributed by atoms with van der Waals surface area (Å²) < 4.78 is 81.5. The summed E-state index contributed by atoms with van der Waals surface area (Å²) in [6.45, 7) is 4.79. The summed E-state index contributed by atoms with van der Waals surface area (Å²) in [4.78, 5) is 37.0. The van der Waals surface area contributed by atoms with Gasteiger partial charge in [0.25, 0.3) is 0 Å². The fourth-order valence-electron chi connectivity index (χ4n) is 4.78. The van der Waals surface area contributed by atoms with Crippen molar-refractivity contribution in [3.8, 4) is 0 Å². The van der Waals surface area contributed by atoms with Crippen molar-refractivity contribution >= 4 is 30.0 Å². The van der Waals surface area contributed by atoms with Crippen molar-refractivity contribution in [1.82, 2.24) is 9.80 Å². The van der Waals surface area contributed by atoms with Crippen LogP contribution in [0.4, 0.5) is 30.7 Å². The van der Waals surface area contributed by atoms with Crippen LogP contribution in [0.1, 0.15) is 50.1 Å². The smallest absolute Gasteiger partial charge is 0.300 e. The number of halogens is 7. The Labute approximate surface area is 233 Å². The van der Waals surface area contributed by atoms with E-state index in [-0.39, 0.29) is 22.8 Å². The first-order valence-electron chi connectivity index (χ1n) is 13.0. The lowest BCUT2D eigenvalue weighted by atomic mass is 9.93. The van der Waals surface area contributed by atoms with Crippen LogP contribution < -0.4 is 0 Å². The number of hydrogen-bond acceptors (Lipinski definition) is 6. The van der Waals surface area contributed by atoms with E-state index < -0.39 is 30.0 Å². The molecule has 40 heavy (non-hydrogen) atoms. The van der Waals surface area contributed by atoms with Crippen molar-refractivity contribution in [2.75, 3.05) is 32.7 Å². The van der Waals surface area contributed by atoms with E-state index in [1.54, 1.807) is 12.1 Å². The first kappa shape index (κ1) is 32.3. The Kier molecular flexibility index (Phi) is 11.0. The summed E-state index contributed by atoms with van der Waals surface area (Å²) in [5, 5.41) is 0.235. The number of carbonyl (C=O) groups excluding carboxylic acids is 3. The van der Waals surface area contributed by atoms with Gasteiger partial charge in [-0.2, -0.15) is 39.0 Å². The number of alkyl halides is 6.